The average molecular weight is 612 g/mol. The molecule has 3 aliphatic heterocycles. The molecule has 0 spiro atoms. The lowest BCUT2D eigenvalue weighted by Gasteiger charge is -2.40. The number of anilines is 1. The Morgan fingerprint density at radius 1 is 1.09 bits per heavy atom. The molecule has 3 atom stereocenters. The Morgan fingerprint density at radius 2 is 1.84 bits per heavy atom. The first-order valence-corrected chi connectivity index (χ1v) is 16.1. The Kier molecular flexibility index (Phi) is 9.11. The lowest BCUT2D eigenvalue weighted by molar-refractivity contribution is -0.143. The number of thiazole rings is 1. The van der Waals surface area contributed by atoms with Crippen LogP contribution in [-0.2, 0) is 23.8 Å². The van der Waals surface area contributed by atoms with E-state index in [2.05, 4.69) is 20.5 Å². The van der Waals surface area contributed by atoms with Gasteiger partial charge in [0.1, 0.15) is 30.4 Å². The van der Waals surface area contributed by atoms with Crippen molar-refractivity contribution >= 4 is 34.1 Å². The second-order valence-electron chi connectivity index (χ2n) is 11.9. The van der Waals surface area contributed by atoms with Crippen LogP contribution < -0.4 is 10.2 Å². The summed E-state index contributed by atoms with van der Waals surface area (Å²) >= 11 is 1.64. The monoisotopic (exact) mass is 611 g/mol. The molecule has 1 aromatic carbocycles. The molecule has 1 aliphatic carbocycles. The summed E-state index contributed by atoms with van der Waals surface area (Å²) in [6.07, 6.45) is 2.94. The third kappa shape index (κ3) is 6.08. The summed E-state index contributed by atoms with van der Waals surface area (Å²) in [7, 11) is 3.30. The third-order valence-corrected chi connectivity index (χ3v) is 10.3. The molecule has 3 saturated heterocycles. The number of piperazine rings is 1. The van der Waals surface area contributed by atoms with Gasteiger partial charge in [0.05, 0.1) is 18.8 Å². The highest BCUT2D eigenvalue weighted by Crippen LogP contribution is 2.36. The minimum Gasteiger partial charge on any atom is -0.383 e. The zero-order valence-electron chi connectivity index (χ0n) is 25.0. The number of aromatic nitrogens is 1. The van der Waals surface area contributed by atoms with Gasteiger partial charge in [-0.3, -0.25) is 19.3 Å². The summed E-state index contributed by atoms with van der Waals surface area (Å²) in [5, 5.41) is 6.18. The van der Waals surface area contributed by atoms with Crippen LogP contribution in [0.4, 0.5) is 5.13 Å². The lowest BCUT2D eigenvalue weighted by atomic mass is 9.80. The number of nitrogens with one attached hydrogen (secondary N) is 1. The van der Waals surface area contributed by atoms with Crippen molar-refractivity contribution in [2.45, 2.75) is 55.9 Å². The number of benzene rings is 1. The molecule has 4 fully saturated rings. The normalized spacial score (nSPS) is 25.6. The van der Waals surface area contributed by atoms with Crippen LogP contribution in [-0.4, -0.2) is 123 Å². The van der Waals surface area contributed by atoms with Gasteiger partial charge in [0, 0.05) is 63.5 Å². The number of amides is 2. The first-order valence-electron chi connectivity index (χ1n) is 15.3. The van der Waals surface area contributed by atoms with Crippen molar-refractivity contribution in [1.82, 2.24) is 20.1 Å². The fourth-order valence-electron chi connectivity index (χ4n) is 6.86. The molecule has 2 aromatic rings. The van der Waals surface area contributed by atoms with E-state index in [0.29, 0.717) is 18.4 Å². The molecule has 1 saturated carbocycles. The standard InChI is InChI=1S/C31H41N5O6S/c1-40-17-16-34-12-14-35(15-13-34)30-32-23(20-43-30)21-6-8-22(9-7-21)28(38)33-31(10-4-3-5-11-31)29(39)36-18-25(41-2)27-26(36)24(37)19-42-27/h6-9,20,25-27H,3-5,10-19H2,1-2H3,(H,33,38)/t25-,26-,27-/m1/s1. The van der Waals surface area contributed by atoms with Crippen LogP contribution >= 0.6 is 11.3 Å². The molecule has 1 aromatic heterocycles. The number of likely N-dealkylation sites (tertiary alicyclic amines) is 1. The van der Waals surface area contributed by atoms with E-state index in [-0.39, 0.29) is 36.9 Å². The maximum atomic E-state index is 14.1. The quantitative estimate of drug-likeness (QED) is 0.456. The van der Waals surface area contributed by atoms with Gasteiger partial charge in [0.25, 0.3) is 5.91 Å². The van der Waals surface area contributed by atoms with Crippen LogP contribution in [0.15, 0.2) is 29.6 Å². The van der Waals surface area contributed by atoms with Gasteiger partial charge in [0.2, 0.25) is 5.91 Å². The van der Waals surface area contributed by atoms with E-state index in [4.69, 9.17) is 19.2 Å². The highest BCUT2D eigenvalue weighted by Gasteiger charge is 2.56. The van der Waals surface area contributed by atoms with E-state index in [9.17, 15) is 14.4 Å². The summed E-state index contributed by atoms with van der Waals surface area (Å²) in [4.78, 5) is 51.6. The smallest absolute Gasteiger partial charge is 0.252 e. The largest absolute Gasteiger partial charge is 0.383 e. The van der Waals surface area contributed by atoms with Crippen molar-refractivity contribution in [3.05, 3.63) is 35.2 Å². The number of rotatable bonds is 9. The summed E-state index contributed by atoms with van der Waals surface area (Å²) in [5.41, 5.74) is 1.25. The van der Waals surface area contributed by atoms with Crippen molar-refractivity contribution < 1.29 is 28.6 Å². The summed E-state index contributed by atoms with van der Waals surface area (Å²) in [6.45, 7) is 5.80. The van der Waals surface area contributed by atoms with Crippen molar-refractivity contribution in [2.75, 3.05) is 71.6 Å². The minimum atomic E-state index is -1.05. The minimum absolute atomic E-state index is 0.0172. The molecule has 4 aliphatic rings. The molecule has 0 bridgehead atoms. The van der Waals surface area contributed by atoms with Gasteiger partial charge in [-0.2, -0.15) is 0 Å². The molecule has 0 unspecified atom stereocenters. The Balaban J connectivity index is 1.12. The Bertz CT molecular complexity index is 1300. The number of Topliss-reactive ketones (excluding diaryl/α,β-unsaturated/α-hetero) is 1. The molecule has 2 amide bonds. The Morgan fingerprint density at radius 3 is 2.53 bits per heavy atom. The van der Waals surface area contributed by atoms with Crippen molar-refractivity contribution in [3.63, 3.8) is 0 Å². The summed E-state index contributed by atoms with van der Waals surface area (Å²) in [5.74, 6) is -0.611. The maximum Gasteiger partial charge on any atom is 0.252 e. The molecule has 12 heteroatoms. The third-order valence-electron chi connectivity index (χ3n) is 9.36. The van der Waals surface area contributed by atoms with E-state index < -0.39 is 17.7 Å². The number of fused-ring (bicyclic) bond motifs is 1. The fraction of sp³-hybridized carbons (Fsp3) is 0.613. The van der Waals surface area contributed by atoms with Crippen LogP contribution in [0.5, 0.6) is 0 Å². The number of ketones is 1. The SMILES string of the molecule is COCCN1CCN(c2nc(-c3ccc(C(=O)NC4(C(=O)N5C[C@@H](OC)[C@H]6OCC(=O)[C@H]65)CCCCC4)cc3)cs2)CC1. The zero-order chi connectivity index (χ0) is 30.0. The highest BCUT2D eigenvalue weighted by molar-refractivity contribution is 7.14. The second kappa shape index (κ2) is 13.0. The molecule has 11 nitrogen and oxygen atoms in total. The Labute approximate surface area is 256 Å². The van der Waals surface area contributed by atoms with Gasteiger partial charge in [0.15, 0.2) is 10.9 Å². The van der Waals surface area contributed by atoms with Gasteiger partial charge in [-0.05, 0) is 25.0 Å². The van der Waals surface area contributed by atoms with Crippen molar-refractivity contribution in [1.29, 1.82) is 0 Å². The number of ether oxygens (including phenoxy) is 3. The van der Waals surface area contributed by atoms with E-state index in [1.54, 1.807) is 42.6 Å². The topological polar surface area (TPSA) is 114 Å². The highest BCUT2D eigenvalue weighted by atomic mass is 32.1. The van der Waals surface area contributed by atoms with E-state index >= 15 is 0 Å². The van der Waals surface area contributed by atoms with Gasteiger partial charge < -0.3 is 29.3 Å². The predicted octanol–water partition coefficient (Wildman–Crippen LogP) is 2.20. The molecular formula is C31H41N5O6S. The molecular weight excluding hydrogens is 570 g/mol. The second-order valence-corrected chi connectivity index (χ2v) is 12.8. The number of methoxy groups -OCH3 is 2. The van der Waals surface area contributed by atoms with Gasteiger partial charge >= 0.3 is 0 Å². The van der Waals surface area contributed by atoms with Gasteiger partial charge in [-0.25, -0.2) is 4.98 Å². The maximum absolute atomic E-state index is 14.1. The number of carbonyl (C=O) groups is 3. The number of hydrogen-bond donors (Lipinski definition) is 1. The molecule has 6 rings (SSSR count). The predicted molar refractivity (Wildman–Crippen MR) is 162 cm³/mol. The van der Waals surface area contributed by atoms with Crippen LogP contribution in [0.3, 0.4) is 0 Å². The number of nitrogens with zero attached hydrogens (tertiary/aromatic N) is 4. The number of hydrogen-bond acceptors (Lipinski definition) is 10. The van der Waals surface area contributed by atoms with Gasteiger partial charge in [-0.1, -0.05) is 31.4 Å². The summed E-state index contributed by atoms with van der Waals surface area (Å²) < 4.78 is 16.4. The average Bonchev–Trinajstić information content (AvgIpc) is 3.78. The fourth-order valence-corrected chi connectivity index (χ4v) is 7.75. The van der Waals surface area contributed by atoms with Crippen molar-refractivity contribution in [3.8, 4) is 11.3 Å². The molecule has 232 valence electrons. The summed E-state index contributed by atoms with van der Waals surface area (Å²) in [6, 6.07) is 6.75. The first-order chi connectivity index (χ1) is 20.9. The molecule has 1 N–H and O–H groups in total. The van der Waals surface area contributed by atoms with Gasteiger partial charge in [-0.15, -0.1) is 11.3 Å². The zero-order valence-corrected chi connectivity index (χ0v) is 25.8. The van der Waals surface area contributed by atoms with Crippen LogP contribution in [0.25, 0.3) is 11.3 Å². The molecule has 0 radical (unpaired) electrons. The van der Waals surface area contributed by atoms with Crippen LogP contribution in [0.1, 0.15) is 42.5 Å². The molecule has 43 heavy (non-hydrogen) atoms. The van der Waals surface area contributed by atoms with Crippen LogP contribution in [0.2, 0.25) is 0 Å². The van der Waals surface area contributed by atoms with Crippen molar-refractivity contribution in [2.24, 2.45) is 0 Å². The van der Waals surface area contributed by atoms with Crippen LogP contribution in [0, 0.1) is 0 Å². The van der Waals surface area contributed by atoms with E-state index in [0.717, 1.165) is 75.0 Å². The van der Waals surface area contributed by atoms with E-state index in [1.165, 1.54) is 0 Å². The first kappa shape index (κ1) is 30.1. The Hall–Kier alpha value is -2.90. The molecule has 4 heterocycles. The lowest BCUT2D eigenvalue weighted by Crippen LogP contribution is -2.62. The van der Waals surface area contributed by atoms with E-state index in [1.807, 2.05) is 12.1 Å². The number of carbonyl (C=O) groups excluding carboxylic acids is 3.